The second kappa shape index (κ2) is 5.13. The van der Waals surface area contributed by atoms with E-state index in [9.17, 15) is 0 Å². The van der Waals surface area contributed by atoms with Crippen LogP contribution >= 0.6 is 15.9 Å². The summed E-state index contributed by atoms with van der Waals surface area (Å²) in [5.41, 5.74) is 7.37. The van der Waals surface area contributed by atoms with Crippen molar-refractivity contribution in [3.05, 3.63) is 58.7 Å². The summed E-state index contributed by atoms with van der Waals surface area (Å²) in [6, 6.07) is 13.9. The van der Waals surface area contributed by atoms with Gasteiger partial charge in [0, 0.05) is 10.5 Å². The fourth-order valence-corrected chi connectivity index (χ4v) is 2.35. The van der Waals surface area contributed by atoms with E-state index in [0.29, 0.717) is 11.6 Å². The molecule has 0 bridgehead atoms. The standard InChI is InChI=1S/C16H13BrN2O/c1-10-6-16(19-9-15(10)18)20-14-5-3-11-7-13(17)4-2-12(11)8-14/h2-9H,18H2,1H3. The molecular formula is C16H13BrN2O. The number of benzene rings is 2. The Bertz CT molecular complexity index is 787. The summed E-state index contributed by atoms with van der Waals surface area (Å²) >= 11 is 3.47. The lowest BCUT2D eigenvalue weighted by Gasteiger charge is -2.08. The van der Waals surface area contributed by atoms with Crippen molar-refractivity contribution in [1.82, 2.24) is 4.98 Å². The van der Waals surface area contributed by atoms with Crippen LogP contribution in [-0.2, 0) is 0 Å². The summed E-state index contributed by atoms with van der Waals surface area (Å²) in [6.07, 6.45) is 1.61. The van der Waals surface area contributed by atoms with Crippen LogP contribution in [0.5, 0.6) is 11.6 Å². The van der Waals surface area contributed by atoms with Crippen LogP contribution in [0.4, 0.5) is 5.69 Å². The average molecular weight is 329 g/mol. The Morgan fingerprint density at radius 1 is 1.05 bits per heavy atom. The number of fused-ring (bicyclic) bond motifs is 1. The van der Waals surface area contributed by atoms with Crippen molar-refractivity contribution in [3.63, 3.8) is 0 Å². The Kier molecular flexibility index (Phi) is 3.32. The van der Waals surface area contributed by atoms with Crippen LogP contribution in [0, 0.1) is 6.92 Å². The van der Waals surface area contributed by atoms with Crippen LogP contribution in [0.3, 0.4) is 0 Å². The fraction of sp³-hybridized carbons (Fsp3) is 0.0625. The van der Waals surface area contributed by atoms with Crippen LogP contribution in [-0.4, -0.2) is 4.98 Å². The van der Waals surface area contributed by atoms with Crippen molar-refractivity contribution in [1.29, 1.82) is 0 Å². The van der Waals surface area contributed by atoms with Crippen LogP contribution < -0.4 is 10.5 Å². The Morgan fingerprint density at radius 2 is 1.80 bits per heavy atom. The van der Waals surface area contributed by atoms with Crippen LogP contribution in [0.25, 0.3) is 10.8 Å². The highest BCUT2D eigenvalue weighted by Crippen LogP contribution is 2.27. The Hall–Kier alpha value is -2.07. The molecule has 0 saturated carbocycles. The third-order valence-corrected chi connectivity index (χ3v) is 3.62. The number of nitrogens with two attached hydrogens (primary N) is 1. The molecule has 0 aliphatic rings. The van der Waals surface area contributed by atoms with E-state index >= 15 is 0 Å². The summed E-state index contributed by atoms with van der Waals surface area (Å²) < 4.78 is 6.84. The zero-order valence-electron chi connectivity index (χ0n) is 10.9. The monoisotopic (exact) mass is 328 g/mol. The summed E-state index contributed by atoms with van der Waals surface area (Å²) in [4.78, 5) is 4.17. The molecule has 0 aliphatic heterocycles. The van der Waals surface area contributed by atoms with E-state index in [2.05, 4.69) is 27.0 Å². The van der Waals surface area contributed by atoms with E-state index in [-0.39, 0.29) is 0 Å². The summed E-state index contributed by atoms with van der Waals surface area (Å²) in [5, 5.41) is 2.28. The highest BCUT2D eigenvalue weighted by molar-refractivity contribution is 9.10. The van der Waals surface area contributed by atoms with E-state index < -0.39 is 0 Å². The zero-order valence-corrected chi connectivity index (χ0v) is 12.5. The van der Waals surface area contributed by atoms with Gasteiger partial charge in [-0.3, -0.25) is 0 Å². The summed E-state index contributed by atoms with van der Waals surface area (Å²) in [7, 11) is 0. The molecule has 0 amide bonds. The van der Waals surface area contributed by atoms with E-state index in [0.717, 1.165) is 26.6 Å². The van der Waals surface area contributed by atoms with E-state index in [4.69, 9.17) is 10.5 Å². The van der Waals surface area contributed by atoms with Gasteiger partial charge in [-0.05, 0) is 47.5 Å². The first-order valence-electron chi connectivity index (χ1n) is 6.21. The van der Waals surface area contributed by atoms with Gasteiger partial charge >= 0.3 is 0 Å². The van der Waals surface area contributed by atoms with E-state index in [1.807, 2.05) is 43.3 Å². The number of aryl methyl sites for hydroxylation is 1. The van der Waals surface area contributed by atoms with Crippen molar-refractivity contribution < 1.29 is 4.74 Å². The number of ether oxygens (including phenoxy) is 1. The molecule has 20 heavy (non-hydrogen) atoms. The van der Waals surface area contributed by atoms with Gasteiger partial charge < -0.3 is 10.5 Å². The molecule has 0 saturated heterocycles. The maximum absolute atomic E-state index is 5.77. The number of anilines is 1. The molecule has 100 valence electrons. The molecular weight excluding hydrogens is 316 g/mol. The minimum absolute atomic E-state index is 0.549. The lowest BCUT2D eigenvalue weighted by molar-refractivity contribution is 0.463. The maximum Gasteiger partial charge on any atom is 0.219 e. The van der Waals surface area contributed by atoms with Gasteiger partial charge in [0.05, 0.1) is 11.9 Å². The van der Waals surface area contributed by atoms with Gasteiger partial charge in [0.25, 0.3) is 0 Å². The van der Waals surface area contributed by atoms with Crippen molar-refractivity contribution in [2.45, 2.75) is 6.92 Å². The van der Waals surface area contributed by atoms with Gasteiger partial charge in [0.15, 0.2) is 0 Å². The normalized spacial score (nSPS) is 10.7. The maximum atomic E-state index is 5.77. The van der Waals surface area contributed by atoms with Gasteiger partial charge in [-0.2, -0.15) is 0 Å². The molecule has 3 aromatic rings. The summed E-state index contributed by atoms with van der Waals surface area (Å²) in [5.74, 6) is 1.31. The number of pyridine rings is 1. The van der Waals surface area contributed by atoms with Gasteiger partial charge in [-0.1, -0.05) is 28.1 Å². The van der Waals surface area contributed by atoms with Crippen molar-refractivity contribution in [2.24, 2.45) is 0 Å². The predicted molar refractivity (Wildman–Crippen MR) is 85.1 cm³/mol. The molecule has 0 radical (unpaired) electrons. The highest BCUT2D eigenvalue weighted by atomic mass is 79.9. The third-order valence-electron chi connectivity index (χ3n) is 3.12. The first-order valence-corrected chi connectivity index (χ1v) is 7.00. The predicted octanol–water partition coefficient (Wildman–Crippen LogP) is 4.68. The quantitative estimate of drug-likeness (QED) is 0.742. The average Bonchev–Trinajstić information content (AvgIpc) is 2.43. The number of nitrogen functional groups attached to an aromatic ring is 1. The number of nitrogens with zero attached hydrogens (tertiary/aromatic N) is 1. The van der Waals surface area contributed by atoms with Crippen molar-refractivity contribution in [3.8, 4) is 11.6 Å². The molecule has 2 N–H and O–H groups in total. The largest absolute Gasteiger partial charge is 0.439 e. The molecule has 1 heterocycles. The Labute approximate surface area is 125 Å². The first-order chi connectivity index (χ1) is 9.61. The molecule has 1 aromatic heterocycles. The lowest BCUT2D eigenvalue weighted by atomic mass is 10.1. The number of hydrogen-bond donors (Lipinski definition) is 1. The van der Waals surface area contributed by atoms with Gasteiger partial charge in [-0.25, -0.2) is 4.98 Å². The van der Waals surface area contributed by atoms with Gasteiger partial charge in [0.1, 0.15) is 5.75 Å². The van der Waals surface area contributed by atoms with Gasteiger partial charge in [0.2, 0.25) is 5.88 Å². The topological polar surface area (TPSA) is 48.1 Å². The molecule has 2 aromatic carbocycles. The lowest BCUT2D eigenvalue weighted by Crippen LogP contribution is -1.93. The minimum Gasteiger partial charge on any atom is -0.439 e. The molecule has 0 fully saturated rings. The van der Waals surface area contributed by atoms with Crippen molar-refractivity contribution >= 4 is 32.4 Å². The second-order valence-electron chi connectivity index (χ2n) is 4.63. The molecule has 0 unspecified atom stereocenters. The Morgan fingerprint density at radius 3 is 2.60 bits per heavy atom. The van der Waals surface area contributed by atoms with E-state index in [1.165, 1.54) is 0 Å². The molecule has 0 atom stereocenters. The van der Waals surface area contributed by atoms with Crippen molar-refractivity contribution in [2.75, 3.05) is 5.73 Å². The van der Waals surface area contributed by atoms with Gasteiger partial charge in [-0.15, -0.1) is 0 Å². The molecule has 4 heteroatoms. The Balaban J connectivity index is 1.94. The molecule has 0 spiro atoms. The smallest absolute Gasteiger partial charge is 0.219 e. The zero-order chi connectivity index (χ0) is 14.1. The fourth-order valence-electron chi connectivity index (χ4n) is 1.98. The van der Waals surface area contributed by atoms with E-state index in [1.54, 1.807) is 6.20 Å². The first kappa shape index (κ1) is 12.9. The number of rotatable bonds is 2. The minimum atomic E-state index is 0.549. The second-order valence-corrected chi connectivity index (χ2v) is 5.55. The number of aromatic nitrogens is 1. The third kappa shape index (κ3) is 2.60. The van der Waals surface area contributed by atoms with Crippen LogP contribution in [0.15, 0.2) is 53.1 Å². The van der Waals surface area contributed by atoms with Crippen LogP contribution in [0.2, 0.25) is 0 Å². The number of halogens is 1. The molecule has 3 nitrogen and oxygen atoms in total. The molecule has 0 aliphatic carbocycles. The highest BCUT2D eigenvalue weighted by Gasteiger charge is 2.03. The van der Waals surface area contributed by atoms with Crippen LogP contribution in [0.1, 0.15) is 5.56 Å². The number of hydrogen-bond acceptors (Lipinski definition) is 3. The molecule has 3 rings (SSSR count). The SMILES string of the molecule is Cc1cc(Oc2ccc3cc(Br)ccc3c2)ncc1N. The summed E-state index contributed by atoms with van der Waals surface area (Å²) in [6.45, 7) is 1.93.